The van der Waals surface area contributed by atoms with E-state index >= 15 is 0 Å². The molecule has 4 rings (SSSR count). The molecule has 0 radical (unpaired) electrons. The van der Waals surface area contributed by atoms with Crippen LogP contribution in [0.2, 0.25) is 0 Å². The maximum Gasteiger partial charge on any atom is 0.321 e. The molecule has 0 bridgehead atoms. The molecule has 1 aromatic heterocycles. The molecule has 7 nitrogen and oxygen atoms in total. The van der Waals surface area contributed by atoms with Gasteiger partial charge in [0, 0.05) is 6.54 Å². The number of imide groups is 1. The third-order valence-electron chi connectivity index (χ3n) is 5.33. The van der Waals surface area contributed by atoms with Crippen molar-refractivity contribution >= 4 is 34.6 Å². The first-order chi connectivity index (χ1) is 16.5. The van der Waals surface area contributed by atoms with E-state index in [2.05, 4.69) is 15.6 Å². The maximum absolute atomic E-state index is 13.4. The summed E-state index contributed by atoms with van der Waals surface area (Å²) in [6, 6.07) is 25.3. The topological polar surface area (TPSA) is 93.1 Å². The second-order valence-electron chi connectivity index (χ2n) is 7.68. The van der Waals surface area contributed by atoms with Crippen LogP contribution in [0.4, 0.5) is 4.79 Å². The van der Waals surface area contributed by atoms with E-state index < -0.39 is 11.9 Å². The van der Waals surface area contributed by atoms with Gasteiger partial charge in [0.15, 0.2) is 5.16 Å². The summed E-state index contributed by atoms with van der Waals surface area (Å²) in [4.78, 5) is 42.5. The van der Waals surface area contributed by atoms with Gasteiger partial charge in [0.05, 0.1) is 22.7 Å². The number of carbonyl (C=O) groups excluding carboxylic acids is 2. The number of carbonyl (C=O) groups is 2. The minimum absolute atomic E-state index is 0.0644. The normalized spacial score (nSPS) is 11.7. The Labute approximate surface area is 201 Å². The molecule has 0 aliphatic heterocycles. The molecule has 2 N–H and O–H groups in total. The molecule has 3 aromatic carbocycles. The first-order valence-corrected chi connectivity index (χ1v) is 11.8. The van der Waals surface area contributed by atoms with Gasteiger partial charge in [0.2, 0.25) is 5.91 Å². The number of para-hydroxylation sites is 1. The lowest BCUT2D eigenvalue weighted by molar-refractivity contribution is -0.117. The summed E-state index contributed by atoms with van der Waals surface area (Å²) in [5.41, 5.74) is 2.27. The van der Waals surface area contributed by atoms with Crippen LogP contribution in [0.15, 0.2) is 94.9 Å². The van der Waals surface area contributed by atoms with Crippen molar-refractivity contribution < 1.29 is 9.59 Å². The summed E-state index contributed by atoms with van der Waals surface area (Å²) in [5.74, 6) is -0.540. The van der Waals surface area contributed by atoms with Gasteiger partial charge in [0.25, 0.3) is 5.56 Å². The van der Waals surface area contributed by atoms with E-state index in [1.54, 1.807) is 22.8 Å². The van der Waals surface area contributed by atoms with Crippen LogP contribution in [0, 0.1) is 0 Å². The molecule has 8 heteroatoms. The fourth-order valence-corrected chi connectivity index (χ4v) is 4.44. The first kappa shape index (κ1) is 23.3. The standard InChI is InChI=1S/C26H24N4O3S/c1-18(20-12-6-3-7-13-20)30-24(32)21-14-8-9-15-22(21)28-26(30)34-17-23(31)29-25(33)27-16-19-10-4-2-5-11-19/h2-15,18H,16-17H2,1H3,(H2,27,29,31,33)/t18-/m1/s1. The third kappa shape index (κ3) is 5.52. The van der Waals surface area contributed by atoms with Crippen molar-refractivity contribution in [1.82, 2.24) is 20.2 Å². The first-order valence-electron chi connectivity index (χ1n) is 10.8. The lowest BCUT2D eigenvalue weighted by Gasteiger charge is -2.20. The van der Waals surface area contributed by atoms with Crippen molar-refractivity contribution in [2.75, 3.05) is 5.75 Å². The molecule has 0 saturated heterocycles. The van der Waals surface area contributed by atoms with Crippen molar-refractivity contribution in [3.63, 3.8) is 0 Å². The smallest absolute Gasteiger partial charge is 0.321 e. The number of nitrogens with one attached hydrogen (secondary N) is 2. The largest absolute Gasteiger partial charge is 0.334 e. The van der Waals surface area contributed by atoms with Crippen molar-refractivity contribution in [2.24, 2.45) is 0 Å². The molecule has 0 aliphatic rings. The van der Waals surface area contributed by atoms with E-state index in [-0.39, 0.29) is 17.4 Å². The number of thioether (sulfide) groups is 1. The van der Waals surface area contributed by atoms with Crippen LogP contribution in [0.1, 0.15) is 24.1 Å². The van der Waals surface area contributed by atoms with Gasteiger partial charge in [-0.3, -0.25) is 19.5 Å². The second kappa shape index (κ2) is 10.8. The lowest BCUT2D eigenvalue weighted by Crippen LogP contribution is -2.40. The molecular weight excluding hydrogens is 448 g/mol. The zero-order valence-electron chi connectivity index (χ0n) is 18.6. The van der Waals surface area contributed by atoms with Crippen LogP contribution >= 0.6 is 11.8 Å². The van der Waals surface area contributed by atoms with Gasteiger partial charge in [-0.25, -0.2) is 9.78 Å². The Morgan fingerprint density at radius 2 is 1.59 bits per heavy atom. The number of benzene rings is 3. The van der Waals surface area contributed by atoms with Crippen LogP contribution < -0.4 is 16.2 Å². The van der Waals surface area contributed by atoms with E-state index in [0.29, 0.717) is 22.6 Å². The zero-order valence-corrected chi connectivity index (χ0v) is 19.4. The van der Waals surface area contributed by atoms with Gasteiger partial charge < -0.3 is 5.32 Å². The fourth-order valence-electron chi connectivity index (χ4n) is 3.56. The Morgan fingerprint density at radius 1 is 0.941 bits per heavy atom. The summed E-state index contributed by atoms with van der Waals surface area (Å²) in [5, 5.41) is 5.92. The Kier molecular flexibility index (Phi) is 7.39. The highest BCUT2D eigenvalue weighted by Crippen LogP contribution is 2.24. The second-order valence-corrected chi connectivity index (χ2v) is 8.62. The Balaban J connectivity index is 1.50. The minimum Gasteiger partial charge on any atom is -0.334 e. The molecular formula is C26H24N4O3S. The molecule has 4 aromatic rings. The fraction of sp³-hybridized carbons (Fsp3) is 0.154. The molecule has 0 saturated carbocycles. The van der Waals surface area contributed by atoms with Crippen molar-refractivity contribution in [2.45, 2.75) is 24.7 Å². The van der Waals surface area contributed by atoms with E-state index in [0.717, 1.165) is 22.9 Å². The predicted octanol–water partition coefficient (Wildman–Crippen LogP) is 4.12. The molecule has 0 aliphatic carbocycles. The molecule has 3 amide bonds. The highest BCUT2D eigenvalue weighted by molar-refractivity contribution is 7.99. The number of rotatable bonds is 7. The van der Waals surface area contributed by atoms with Crippen LogP contribution in [-0.4, -0.2) is 27.2 Å². The monoisotopic (exact) mass is 472 g/mol. The van der Waals surface area contributed by atoms with E-state index in [4.69, 9.17) is 0 Å². The maximum atomic E-state index is 13.4. The predicted molar refractivity (Wildman–Crippen MR) is 134 cm³/mol. The quantitative estimate of drug-likeness (QED) is 0.312. The van der Waals surface area contributed by atoms with Gasteiger partial charge in [-0.15, -0.1) is 0 Å². The molecule has 0 fully saturated rings. The third-order valence-corrected chi connectivity index (χ3v) is 6.28. The molecule has 172 valence electrons. The Morgan fingerprint density at radius 3 is 2.32 bits per heavy atom. The number of fused-ring (bicyclic) bond motifs is 1. The molecule has 0 unspecified atom stereocenters. The minimum atomic E-state index is -0.573. The number of amides is 3. The lowest BCUT2D eigenvalue weighted by atomic mass is 10.1. The summed E-state index contributed by atoms with van der Waals surface area (Å²) in [7, 11) is 0. The number of hydrogen-bond acceptors (Lipinski definition) is 5. The van der Waals surface area contributed by atoms with Crippen LogP contribution in [0.25, 0.3) is 10.9 Å². The SMILES string of the molecule is C[C@H](c1ccccc1)n1c(SCC(=O)NC(=O)NCc2ccccc2)nc2ccccc2c1=O. The molecule has 1 heterocycles. The van der Waals surface area contributed by atoms with Crippen LogP contribution in [0.5, 0.6) is 0 Å². The summed E-state index contributed by atoms with van der Waals surface area (Å²) >= 11 is 1.12. The average Bonchev–Trinajstić information content (AvgIpc) is 2.87. The van der Waals surface area contributed by atoms with Gasteiger partial charge in [0.1, 0.15) is 0 Å². The van der Waals surface area contributed by atoms with Crippen LogP contribution in [-0.2, 0) is 11.3 Å². The number of aromatic nitrogens is 2. The zero-order chi connectivity index (χ0) is 23.9. The van der Waals surface area contributed by atoms with Crippen molar-refractivity contribution in [1.29, 1.82) is 0 Å². The summed E-state index contributed by atoms with van der Waals surface area (Å²) < 4.78 is 1.60. The van der Waals surface area contributed by atoms with Crippen molar-refractivity contribution in [3.8, 4) is 0 Å². The van der Waals surface area contributed by atoms with Gasteiger partial charge in [-0.05, 0) is 30.2 Å². The summed E-state index contributed by atoms with van der Waals surface area (Å²) in [6.45, 7) is 2.24. The number of hydrogen-bond donors (Lipinski definition) is 2. The molecule has 1 atom stereocenters. The highest BCUT2D eigenvalue weighted by Gasteiger charge is 2.19. The highest BCUT2D eigenvalue weighted by atomic mass is 32.2. The Bertz CT molecular complexity index is 1360. The van der Waals surface area contributed by atoms with E-state index in [9.17, 15) is 14.4 Å². The van der Waals surface area contributed by atoms with Crippen LogP contribution in [0.3, 0.4) is 0 Å². The average molecular weight is 473 g/mol. The van der Waals surface area contributed by atoms with Gasteiger partial charge in [-0.2, -0.15) is 0 Å². The van der Waals surface area contributed by atoms with Gasteiger partial charge in [-0.1, -0.05) is 84.6 Å². The number of urea groups is 1. The summed E-state index contributed by atoms with van der Waals surface area (Å²) in [6.07, 6.45) is 0. The number of nitrogens with zero attached hydrogens (tertiary/aromatic N) is 2. The Hall–Kier alpha value is -3.91. The molecule has 0 spiro atoms. The molecule has 34 heavy (non-hydrogen) atoms. The van der Waals surface area contributed by atoms with Crippen molar-refractivity contribution in [3.05, 3.63) is 106 Å². The van der Waals surface area contributed by atoms with Gasteiger partial charge >= 0.3 is 6.03 Å². The van der Waals surface area contributed by atoms with E-state index in [1.807, 2.05) is 73.7 Å². The van der Waals surface area contributed by atoms with E-state index in [1.165, 1.54) is 0 Å².